The molecule has 1 heterocycles. The molecule has 0 saturated carbocycles. The lowest BCUT2D eigenvalue weighted by Crippen LogP contribution is -2.29. The minimum atomic E-state index is -0.478. The maximum absolute atomic E-state index is 11.0. The zero-order valence-electron chi connectivity index (χ0n) is 6.70. The van der Waals surface area contributed by atoms with Crippen LogP contribution in [0.1, 0.15) is 19.0 Å². The van der Waals surface area contributed by atoms with Crippen molar-refractivity contribution in [3.63, 3.8) is 0 Å². The third-order valence-corrected chi connectivity index (χ3v) is 1.86. The average Bonchev–Trinajstić information content (AvgIpc) is 2.01. The van der Waals surface area contributed by atoms with Crippen molar-refractivity contribution in [3.8, 4) is 0 Å². The van der Waals surface area contributed by atoms with E-state index in [1.54, 1.807) is 0 Å². The summed E-state index contributed by atoms with van der Waals surface area (Å²) in [6, 6.07) is 1.39. The van der Waals surface area contributed by atoms with E-state index in [-0.39, 0.29) is 5.56 Å². The summed E-state index contributed by atoms with van der Waals surface area (Å²) in [5.41, 5.74) is -0.197. The van der Waals surface area contributed by atoms with Crippen LogP contribution in [0.4, 0.5) is 0 Å². The van der Waals surface area contributed by atoms with Crippen LogP contribution >= 0.6 is 12.8 Å². The van der Waals surface area contributed by atoms with E-state index in [2.05, 4.69) is 17.8 Å². The van der Waals surface area contributed by atoms with Gasteiger partial charge < -0.3 is 4.98 Å². The highest BCUT2D eigenvalue weighted by Gasteiger charge is 1.99. The fraction of sp³-hybridized carbons (Fsp3) is 0.429. The number of nitrogens with one attached hydrogen (secondary N) is 1. The molecule has 1 aromatic heterocycles. The largest absolute Gasteiger partial charge is 0.338 e. The first-order valence-corrected chi connectivity index (χ1v) is 4.09. The van der Waals surface area contributed by atoms with Gasteiger partial charge in [-0.1, -0.05) is 26.2 Å². The highest BCUT2D eigenvalue weighted by atomic mass is 32.1. The van der Waals surface area contributed by atoms with E-state index in [1.165, 1.54) is 6.07 Å². The van der Waals surface area contributed by atoms with Crippen LogP contribution in [-0.4, -0.2) is 8.96 Å². The maximum atomic E-state index is 11.0. The number of rotatable bonds is 2. The molecule has 1 aromatic rings. The van der Waals surface area contributed by atoms with Gasteiger partial charge in [-0.25, -0.2) is 8.77 Å². The number of thiol groups is 1. The number of hydrogen-bond donors (Lipinski definition) is 2. The van der Waals surface area contributed by atoms with E-state index in [9.17, 15) is 9.59 Å². The molecule has 0 fully saturated rings. The van der Waals surface area contributed by atoms with Crippen LogP contribution in [0.25, 0.3) is 0 Å². The fourth-order valence-corrected chi connectivity index (χ4v) is 1.05. The third kappa shape index (κ3) is 1.79. The number of aromatic nitrogens is 2. The SMILES string of the molecule is CCCc1cc(=O)n(S)c(=O)[nH]1. The lowest BCUT2D eigenvalue weighted by Gasteiger charge is -1.98. The first-order chi connectivity index (χ1) is 5.65. The summed E-state index contributed by atoms with van der Waals surface area (Å²) in [5, 5.41) is 0. The van der Waals surface area contributed by atoms with Crippen molar-refractivity contribution in [2.45, 2.75) is 19.8 Å². The summed E-state index contributed by atoms with van der Waals surface area (Å²) < 4.78 is 0.749. The van der Waals surface area contributed by atoms with Crippen molar-refractivity contribution in [1.29, 1.82) is 0 Å². The van der Waals surface area contributed by atoms with E-state index in [1.807, 2.05) is 6.92 Å². The number of hydrogen-bond acceptors (Lipinski definition) is 3. The lowest BCUT2D eigenvalue weighted by molar-refractivity contribution is 0.839. The van der Waals surface area contributed by atoms with Gasteiger partial charge in [-0.15, -0.1) is 0 Å². The molecule has 0 unspecified atom stereocenters. The minimum Gasteiger partial charge on any atom is -0.310 e. The first kappa shape index (κ1) is 9.12. The predicted octanol–water partition coefficient (Wildman–Crippen LogP) is 0.182. The zero-order chi connectivity index (χ0) is 9.14. The second-order valence-electron chi connectivity index (χ2n) is 2.50. The second kappa shape index (κ2) is 3.62. The molecule has 0 spiro atoms. The molecular weight excluding hydrogens is 176 g/mol. The van der Waals surface area contributed by atoms with Gasteiger partial charge in [0.2, 0.25) is 0 Å². The van der Waals surface area contributed by atoms with Gasteiger partial charge in [0, 0.05) is 11.8 Å². The van der Waals surface area contributed by atoms with Crippen molar-refractivity contribution in [3.05, 3.63) is 32.6 Å². The Morgan fingerprint density at radius 1 is 1.58 bits per heavy atom. The van der Waals surface area contributed by atoms with Crippen LogP contribution < -0.4 is 11.2 Å². The minimum absolute atomic E-state index is 0.384. The second-order valence-corrected chi connectivity index (χ2v) is 2.90. The van der Waals surface area contributed by atoms with Crippen LogP contribution in [-0.2, 0) is 6.42 Å². The third-order valence-electron chi connectivity index (χ3n) is 1.49. The van der Waals surface area contributed by atoms with Crippen LogP contribution in [0, 0.1) is 0 Å². The van der Waals surface area contributed by atoms with Gasteiger partial charge in [0.25, 0.3) is 5.56 Å². The number of aromatic amines is 1. The molecule has 0 amide bonds. The van der Waals surface area contributed by atoms with Crippen molar-refractivity contribution in [2.24, 2.45) is 0 Å². The molecule has 1 rings (SSSR count). The van der Waals surface area contributed by atoms with Crippen molar-refractivity contribution >= 4 is 12.8 Å². The van der Waals surface area contributed by atoms with E-state index < -0.39 is 5.69 Å². The molecule has 4 nitrogen and oxygen atoms in total. The Bertz CT molecular complexity index is 348. The Hall–Kier alpha value is -0.970. The van der Waals surface area contributed by atoms with Gasteiger partial charge in [0.05, 0.1) is 0 Å². The molecule has 5 heteroatoms. The van der Waals surface area contributed by atoms with Crippen LogP contribution in [0.2, 0.25) is 0 Å². The van der Waals surface area contributed by atoms with Gasteiger partial charge in [-0.3, -0.25) is 4.79 Å². The molecular formula is C7H10N2O2S. The molecule has 66 valence electrons. The molecule has 0 aromatic carbocycles. The normalized spacial score (nSPS) is 10.2. The Balaban J connectivity index is 3.22. The summed E-state index contributed by atoms with van der Waals surface area (Å²) in [6.45, 7) is 1.98. The molecule has 0 aliphatic carbocycles. The summed E-state index contributed by atoms with van der Waals surface area (Å²) >= 11 is 3.69. The quantitative estimate of drug-likeness (QED) is 0.647. The van der Waals surface area contributed by atoms with Gasteiger partial charge in [0.15, 0.2) is 0 Å². The molecule has 1 N–H and O–H groups in total. The monoisotopic (exact) mass is 186 g/mol. The maximum Gasteiger partial charge on any atom is 0.338 e. The van der Waals surface area contributed by atoms with Crippen LogP contribution in [0.5, 0.6) is 0 Å². The number of aryl methyl sites for hydroxylation is 1. The molecule has 0 saturated heterocycles. The van der Waals surface area contributed by atoms with Gasteiger partial charge in [-0.05, 0) is 6.42 Å². The van der Waals surface area contributed by atoms with E-state index in [0.717, 1.165) is 10.4 Å². The van der Waals surface area contributed by atoms with Crippen molar-refractivity contribution in [1.82, 2.24) is 8.96 Å². The summed E-state index contributed by atoms with van der Waals surface area (Å²) in [6.07, 6.45) is 1.60. The highest BCUT2D eigenvalue weighted by molar-refractivity contribution is 7.78. The Morgan fingerprint density at radius 3 is 2.75 bits per heavy atom. The van der Waals surface area contributed by atoms with Crippen molar-refractivity contribution in [2.75, 3.05) is 0 Å². The Labute approximate surface area is 74.8 Å². The van der Waals surface area contributed by atoms with Crippen molar-refractivity contribution < 1.29 is 0 Å². The van der Waals surface area contributed by atoms with E-state index in [4.69, 9.17) is 0 Å². The van der Waals surface area contributed by atoms with Crippen LogP contribution in [0.15, 0.2) is 15.7 Å². The lowest BCUT2D eigenvalue weighted by atomic mass is 10.2. The topological polar surface area (TPSA) is 54.9 Å². The number of nitrogens with zero attached hydrogens (tertiary/aromatic N) is 1. The Morgan fingerprint density at radius 2 is 2.25 bits per heavy atom. The average molecular weight is 186 g/mol. The van der Waals surface area contributed by atoms with Gasteiger partial charge >= 0.3 is 5.69 Å². The number of H-pyrrole nitrogens is 1. The smallest absolute Gasteiger partial charge is 0.310 e. The molecule has 0 radical (unpaired) electrons. The summed E-state index contributed by atoms with van der Waals surface area (Å²) in [5.74, 6) is 0. The standard InChI is InChI=1S/C7H10N2O2S/c1-2-3-5-4-6(10)9(12)7(11)8-5/h4,12H,2-3H2,1H3,(H,8,11). The molecule has 12 heavy (non-hydrogen) atoms. The predicted molar refractivity (Wildman–Crippen MR) is 49.7 cm³/mol. The highest BCUT2D eigenvalue weighted by Crippen LogP contribution is 1.91. The molecule has 0 aliphatic rings. The first-order valence-electron chi connectivity index (χ1n) is 3.69. The zero-order valence-corrected chi connectivity index (χ0v) is 7.60. The van der Waals surface area contributed by atoms with E-state index in [0.29, 0.717) is 12.1 Å². The Kier molecular flexibility index (Phi) is 2.75. The summed E-state index contributed by atoms with van der Waals surface area (Å²) in [4.78, 5) is 24.5. The molecule has 0 bridgehead atoms. The fourth-order valence-electron chi connectivity index (χ4n) is 0.941. The molecule has 0 atom stereocenters. The van der Waals surface area contributed by atoms with E-state index >= 15 is 0 Å². The van der Waals surface area contributed by atoms with Gasteiger partial charge in [-0.2, -0.15) is 0 Å². The van der Waals surface area contributed by atoms with Gasteiger partial charge in [0.1, 0.15) is 0 Å². The molecule has 0 aliphatic heterocycles. The summed E-state index contributed by atoms with van der Waals surface area (Å²) in [7, 11) is 0. The van der Waals surface area contributed by atoms with Crippen LogP contribution in [0.3, 0.4) is 0 Å².